The zero-order chi connectivity index (χ0) is 11.7. The number of benzene rings is 1. The molecule has 0 fully saturated rings. The van der Waals surface area contributed by atoms with Crippen LogP contribution in [0.4, 0.5) is 5.69 Å². The molecule has 0 saturated heterocycles. The van der Waals surface area contributed by atoms with Crippen LogP contribution in [0.2, 0.25) is 0 Å². The van der Waals surface area contributed by atoms with Crippen LogP contribution in [-0.2, 0) is 4.79 Å². The number of carbonyl (C=O) groups is 1. The number of carbonyl (C=O) groups excluding carboxylic acids is 1. The number of hydrogen-bond donors (Lipinski definition) is 0. The van der Waals surface area contributed by atoms with Gasteiger partial charge in [0.05, 0.1) is 0 Å². The molecule has 0 radical (unpaired) electrons. The average Bonchev–Trinajstić information content (AvgIpc) is 2.55. The number of Topliss-reactive ketones (excluding diaryl/α,β-unsaturated/α-hetero) is 1. The van der Waals surface area contributed by atoms with E-state index in [2.05, 4.69) is 36.9 Å². The van der Waals surface area contributed by atoms with Gasteiger partial charge in [0.15, 0.2) is 0 Å². The topological polar surface area (TPSA) is 20.3 Å². The molecule has 2 heteroatoms. The van der Waals surface area contributed by atoms with Gasteiger partial charge in [-0.25, -0.2) is 0 Å². The zero-order valence-corrected chi connectivity index (χ0v) is 10.3. The molecule has 86 valence electrons. The summed E-state index contributed by atoms with van der Waals surface area (Å²) >= 11 is 0. The Kier molecular flexibility index (Phi) is 2.99. The SMILES string of the molecule is CCN1CC(CC(C)=O)c2cc(C)ccc21. The minimum atomic E-state index is 0.287. The summed E-state index contributed by atoms with van der Waals surface area (Å²) in [7, 11) is 0. The maximum absolute atomic E-state index is 11.3. The maximum atomic E-state index is 11.3. The Morgan fingerprint density at radius 3 is 2.88 bits per heavy atom. The maximum Gasteiger partial charge on any atom is 0.130 e. The molecule has 0 aliphatic carbocycles. The highest BCUT2D eigenvalue weighted by Crippen LogP contribution is 2.38. The first kappa shape index (κ1) is 11.2. The molecule has 1 aliphatic heterocycles. The molecule has 0 amide bonds. The minimum Gasteiger partial charge on any atom is -0.371 e. The van der Waals surface area contributed by atoms with Gasteiger partial charge in [0.2, 0.25) is 0 Å². The monoisotopic (exact) mass is 217 g/mol. The van der Waals surface area contributed by atoms with Gasteiger partial charge in [0.25, 0.3) is 0 Å². The first-order valence-corrected chi connectivity index (χ1v) is 5.96. The highest BCUT2D eigenvalue weighted by atomic mass is 16.1. The van der Waals surface area contributed by atoms with Gasteiger partial charge in [-0.05, 0) is 32.4 Å². The predicted molar refractivity (Wildman–Crippen MR) is 67.1 cm³/mol. The third-order valence-corrected chi connectivity index (χ3v) is 3.32. The quantitative estimate of drug-likeness (QED) is 0.776. The van der Waals surface area contributed by atoms with Gasteiger partial charge in [-0.1, -0.05) is 17.7 Å². The van der Waals surface area contributed by atoms with E-state index in [0.29, 0.717) is 12.3 Å². The van der Waals surface area contributed by atoms with Crippen LogP contribution in [0.5, 0.6) is 0 Å². The largest absolute Gasteiger partial charge is 0.371 e. The second-order valence-electron chi connectivity index (χ2n) is 4.70. The number of ketones is 1. The zero-order valence-electron chi connectivity index (χ0n) is 10.3. The summed E-state index contributed by atoms with van der Waals surface area (Å²) in [5.41, 5.74) is 3.96. The molecule has 1 atom stereocenters. The van der Waals surface area contributed by atoms with Gasteiger partial charge in [0, 0.05) is 31.1 Å². The first-order chi connectivity index (χ1) is 7.61. The van der Waals surface area contributed by atoms with Crippen molar-refractivity contribution in [2.75, 3.05) is 18.0 Å². The van der Waals surface area contributed by atoms with Crippen molar-refractivity contribution in [2.45, 2.75) is 33.1 Å². The Morgan fingerprint density at radius 2 is 2.25 bits per heavy atom. The Hall–Kier alpha value is -1.31. The number of aryl methyl sites for hydroxylation is 1. The summed E-state index contributed by atoms with van der Waals surface area (Å²) in [5.74, 6) is 0.683. The molecule has 0 saturated carbocycles. The van der Waals surface area contributed by atoms with Crippen LogP contribution < -0.4 is 4.90 Å². The normalized spacial score (nSPS) is 18.7. The third-order valence-electron chi connectivity index (χ3n) is 3.32. The van der Waals surface area contributed by atoms with Crippen molar-refractivity contribution >= 4 is 11.5 Å². The smallest absolute Gasteiger partial charge is 0.130 e. The number of hydrogen-bond acceptors (Lipinski definition) is 2. The summed E-state index contributed by atoms with van der Waals surface area (Å²) in [6, 6.07) is 6.57. The number of rotatable bonds is 3. The van der Waals surface area contributed by atoms with Gasteiger partial charge in [0.1, 0.15) is 5.78 Å². The molecule has 2 nitrogen and oxygen atoms in total. The minimum absolute atomic E-state index is 0.287. The van der Waals surface area contributed by atoms with E-state index in [1.165, 1.54) is 16.8 Å². The lowest BCUT2D eigenvalue weighted by Gasteiger charge is -2.16. The second-order valence-corrected chi connectivity index (χ2v) is 4.70. The second kappa shape index (κ2) is 4.28. The van der Waals surface area contributed by atoms with Crippen molar-refractivity contribution in [3.05, 3.63) is 29.3 Å². The third kappa shape index (κ3) is 1.97. The summed E-state index contributed by atoms with van der Waals surface area (Å²) < 4.78 is 0. The lowest BCUT2D eigenvalue weighted by molar-refractivity contribution is -0.117. The van der Waals surface area contributed by atoms with Crippen molar-refractivity contribution in [3.8, 4) is 0 Å². The van der Waals surface area contributed by atoms with Crippen LogP contribution in [-0.4, -0.2) is 18.9 Å². The van der Waals surface area contributed by atoms with Crippen LogP contribution in [0.25, 0.3) is 0 Å². The highest BCUT2D eigenvalue weighted by Gasteiger charge is 2.28. The molecule has 0 spiro atoms. The van der Waals surface area contributed by atoms with Crippen LogP contribution in [0, 0.1) is 6.92 Å². The lowest BCUT2D eigenvalue weighted by Crippen LogP contribution is -2.21. The van der Waals surface area contributed by atoms with Crippen molar-refractivity contribution in [3.63, 3.8) is 0 Å². The molecule has 0 bridgehead atoms. The lowest BCUT2D eigenvalue weighted by atomic mass is 9.95. The molecule has 0 aromatic heterocycles. The van der Waals surface area contributed by atoms with Gasteiger partial charge in [-0.3, -0.25) is 0 Å². The Morgan fingerprint density at radius 1 is 1.50 bits per heavy atom. The Bertz CT molecular complexity index is 411. The number of nitrogens with zero attached hydrogens (tertiary/aromatic N) is 1. The first-order valence-electron chi connectivity index (χ1n) is 5.96. The summed E-state index contributed by atoms with van der Waals surface area (Å²) in [5, 5.41) is 0. The Labute approximate surface area is 97.3 Å². The fraction of sp³-hybridized carbons (Fsp3) is 0.500. The molecule has 1 unspecified atom stereocenters. The molecular weight excluding hydrogens is 198 g/mol. The molecular formula is C14H19NO. The molecule has 2 rings (SSSR count). The standard InChI is InChI=1S/C14H19NO/c1-4-15-9-12(8-11(3)16)13-7-10(2)5-6-14(13)15/h5-7,12H,4,8-9H2,1-3H3. The van der Waals surface area contributed by atoms with Crippen LogP contribution >= 0.6 is 0 Å². The summed E-state index contributed by atoms with van der Waals surface area (Å²) in [6.07, 6.45) is 0.674. The van der Waals surface area contributed by atoms with Crippen molar-refractivity contribution in [1.29, 1.82) is 0 Å². The number of fused-ring (bicyclic) bond motifs is 1. The van der Waals surface area contributed by atoms with E-state index in [1.54, 1.807) is 6.92 Å². The van der Waals surface area contributed by atoms with E-state index in [0.717, 1.165) is 13.1 Å². The van der Waals surface area contributed by atoms with Crippen molar-refractivity contribution in [2.24, 2.45) is 0 Å². The van der Waals surface area contributed by atoms with Gasteiger partial charge < -0.3 is 9.69 Å². The van der Waals surface area contributed by atoms with E-state index < -0.39 is 0 Å². The van der Waals surface area contributed by atoms with Crippen molar-refractivity contribution in [1.82, 2.24) is 0 Å². The van der Waals surface area contributed by atoms with Crippen LogP contribution in [0.15, 0.2) is 18.2 Å². The molecule has 0 N–H and O–H groups in total. The number of likely N-dealkylation sites (N-methyl/N-ethyl adjacent to an activating group) is 1. The van der Waals surface area contributed by atoms with Gasteiger partial charge >= 0.3 is 0 Å². The average molecular weight is 217 g/mol. The van der Waals surface area contributed by atoms with Crippen molar-refractivity contribution < 1.29 is 4.79 Å². The van der Waals surface area contributed by atoms with E-state index in [1.807, 2.05) is 0 Å². The number of anilines is 1. The summed E-state index contributed by atoms with van der Waals surface area (Å²) in [4.78, 5) is 13.6. The fourth-order valence-corrected chi connectivity index (χ4v) is 2.57. The predicted octanol–water partition coefficient (Wildman–Crippen LogP) is 2.90. The molecule has 16 heavy (non-hydrogen) atoms. The van der Waals surface area contributed by atoms with E-state index in [4.69, 9.17) is 0 Å². The molecule has 1 aliphatic rings. The molecule has 1 aromatic rings. The van der Waals surface area contributed by atoms with E-state index in [9.17, 15) is 4.79 Å². The van der Waals surface area contributed by atoms with E-state index >= 15 is 0 Å². The van der Waals surface area contributed by atoms with Gasteiger partial charge in [-0.15, -0.1) is 0 Å². The fourth-order valence-electron chi connectivity index (χ4n) is 2.57. The molecule has 1 heterocycles. The summed E-state index contributed by atoms with van der Waals surface area (Å²) in [6.45, 7) is 7.98. The highest BCUT2D eigenvalue weighted by molar-refractivity contribution is 5.78. The van der Waals surface area contributed by atoms with Crippen LogP contribution in [0.3, 0.4) is 0 Å². The van der Waals surface area contributed by atoms with Gasteiger partial charge in [-0.2, -0.15) is 0 Å². The molecule has 1 aromatic carbocycles. The van der Waals surface area contributed by atoms with E-state index in [-0.39, 0.29) is 5.78 Å². The van der Waals surface area contributed by atoms with Crippen LogP contribution in [0.1, 0.15) is 37.3 Å². The Balaban J connectivity index is 2.35.